The Kier molecular flexibility index (Phi) is 8.70. The zero-order valence-corrected chi connectivity index (χ0v) is 28.2. The van der Waals surface area contributed by atoms with Crippen LogP contribution in [0.1, 0.15) is 59.9 Å². The highest BCUT2D eigenvalue weighted by Gasteiger charge is 2.46. The number of aromatic nitrogens is 5. The van der Waals surface area contributed by atoms with E-state index in [2.05, 4.69) is 20.4 Å². The lowest BCUT2D eigenvalue weighted by atomic mass is 9.81. The Hall–Kier alpha value is -4.74. The number of piperidine rings is 2. The van der Waals surface area contributed by atoms with Crippen molar-refractivity contribution < 1.29 is 37.7 Å². The minimum Gasteiger partial charge on any atom is -0.505 e. The smallest absolute Gasteiger partial charge is 0.416 e. The molecule has 51 heavy (non-hydrogen) atoms. The molecule has 1 aromatic carbocycles. The van der Waals surface area contributed by atoms with Crippen LogP contribution in [0, 0.1) is 0 Å². The van der Waals surface area contributed by atoms with Crippen LogP contribution in [0.5, 0.6) is 5.75 Å². The third-order valence-corrected chi connectivity index (χ3v) is 10.2. The molecule has 0 atom stereocenters. The molecule has 0 saturated carbocycles. The van der Waals surface area contributed by atoms with E-state index >= 15 is 0 Å². The van der Waals surface area contributed by atoms with Crippen molar-refractivity contribution in [2.45, 2.75) is 63.0 Å². The average molecular weight is 731 g/mol. The van der Waals surface area contributed by atoms with Gasteiger partial charge in [-0.2, -0.15) is 22.7 Å². The van der Waals surface area contributed by atoms with Crippen LogP contribution in [0.3, 0.4) is 0 Å². The van der Waals surface area contributed by atoms with Crippen LogP contribution in [-0.2, 0) is 34.3 Å². The minimum atomic E-state index is -4.62. The number of aromatic hydroxyl groups is 1. The molecule has 3 aliphatic rings. The number of likely N-dealkylation sites (tertiary alicyclic amines) is 1. The van der Waals surface area contributed by atoms with E-state index in [9.17, 15) is 37.8 Å². The van der Waals surface area contributed by atoms with E-state index in [0.29, 0.717) is 31.6 Å². The largest absolute Gasteiger partial charge is 0.505 e. The van der Waals surface area contributed by atoms with E-state index in [4.69, 9.17) is 16.3 Å². The van der Waals surface area contributed by atoms with Crippen molar-refractivity contribution in [3.63, 3.8) is 0 Å². The molecule has 2 amide bonds. The molecular formula is C33H34ClF3N8O6. The average Bonchev–Trinajstić information content (AvgIpc) is 3.53. The monoisotopic (exact) mass is 730 g/mol. The number of rotatable bonds is 5. The highest BCUT2D eigenvalue weighted by atomic mass is 35.5. The van der Waals surface area contributed by atoms with Gasteiger partial charge in [0, 0.05) is 44.5 Å². The first-order valence-corrected chi connectivity index (χ1v) is 16.8. The highest BCUT2D eigenvalue weighted by molar-refractivity contribution is 6.33. The Morgan fingerprint density at radius 2 is 1.82 bits per heavy atom. The molecule has 270 valence electrons. The standard InChI is InChI=1S/C33H34ClF3N8O6/c1-31(50)7-12-43(13-8-31)29-40-30-44(18-24(47)39-21-5-4-19(17-20(21)34)33(35,36)37)22-6-16-51-32(25(22)27(48)45(30)41-29)9-14-42(15-10-32)28(49)26-23(46)3-2-11-38-26/h2-5,11,17,46,50H,6-10,12-16,18H2,1H3,(H,39,47). The van der Waals surface area contributed by atoms with Crippen molar-refractivity contribution in [1.29, 1.82) is 0 Å². The number of carbonyl (C=O) groups excluding carboxylic acids is 2. The first-order valence-electron chi connectivity index (χ1n) is 16.4. The van der Waals surface area contributed by atoms with Crippen molar-refractivity contribution in [2.24, 2.45) is 0 Å². The molecule has 2 saturated heterocycles. The van der Waals surface area contributed by atoms with Gasteiger partial charge in [-0.25, -0.2) is 4.98 Å². The summed E-state index contributed by atoms with van der Waals surface area (Å²) in [5.41, 5.74) is -2.82. The molecular weight excluding hydrogens is 697 g/mol. The van der Waals surface area contributed by atoms with Crippen LogP contribution in [0.2, 0.25) is 5.02 Å². The summed E-state index contributed by atoms with van der Waals surface area (Å²) in [4.78, 5) is 53.3. The van der Waals surface area contributed by atoms with Gasteiger partial charge in [0.15, 0.2) is 5.69 Å². The second-order valence-electron chi connectivity index (χ2n) is 13.3. The number of fused-ring (bicyclic) bond motifs is 3. The summed E-state index contributed by atoms with van der Waals surface area (Å²) in [6, 6.07) is 5.50. The second-order valence-corrected chi connectivity index (χ2v) is 13.7. The molecule has 2 fully saturated rings. The Balaban J connectivity index is 1.25. The van der Waals surface area contributed by atoms with E-state index in [1.807, 2.05) is 4.90 Å². The van der Waals surface area contributed by atoms with Crippen molar-refractivity contribution in [2.75, 3.05) is 43.0 Å². The molecule has 3 N–H and O–H groups in total. The summed E-state index contributed by atoms with van der Waals surface area (Å²) >= 11 is 6.13. The summed E-state index contributed by atoms with van der Waals surface area (Å²) < 4.78 is 48.7. The third-order valence-electron chi connectivity index (χ3n) is 9.86. The van der Waals surface area contributed by atoms with Gasteiger partial charge in [0.25, 0.3) is 11.5 Å². The zero-order valence-electron chi connectivity index (χ0n) is 27.4. The summed E-state index contributed by atoms with van der Waals surface area (Å²) in [5.74, 6) is -1.04. The van der Waals surface area contributed by atoms with E-state index < -0.39 is 46.9 Å². The topological polar surface area (TPSA) is 167 Å². The van der Waals surface area contributed by atoms with Gasteiger partial charge in [-0.15, -0.1) is 5.10 Å². The van der Waals surface area contributed by atoms with Gasteiger partial charge in [0.1, 0.15) is 17.9 Å². The number of nitrogens with one attached hydrogen (secondary N) is 1. The lowest BCUT2D eigenvalue weighted by Gasteiger charge is -2.44. The summed E-state index contributed by atoms with van der Waals surface area (Å²) in [7, 11) is 0. The van der Waals surface area contributed by atoms with Crippen molar-refractivity contribution >= 4 is 40.8 Å². The fraction of sp³-hybridized carbons (Fsp3) is 0.455. The lowest BCUT2D eigenvalue weighted by Crippen LogP contribution is -2.52. The molecule has 1 spiro atoms. The number of amides is 2. The number of nitrogens with zero attached hydrogens (tertiary/aromatic N) is 7. The number of pyridine rings is 1. The molecule has 0 radical (unpaired) electrons. The number of benzene rings is 1. The van der Waals surface area contributed by atoms with Gasteiger partial charge < -0.3 is 34.6 Å². The van der Waals surface area contributed by atoms with Crippen LogP contribution < -0.4 is 15.8 Å². The predicted octanol–water partition coefficient (Wildman–Crippen LogP) is 3.36. The van der Waals surface area contributed by atoms with Crippen LogP contribution in [0.15, 0.2) is 41.3 Å². The van der Waals surface area contributed by atoms with Gasteiger partial charge in [-0.05, 0) is 62.9 Å². The Morgan fingerprint density at radius 3 is 2.49 bits per heavy atom. The van der Waals surface area contributed by atoms with E-state index in [1.54, 1.807) is 11.5 Å². The van der Waals surface area contributed by atoms with Gasteiger partial charge in [-0.3, -0.25) is 14.4 Å². The third kappa shape index (κ3) is 6.49. The quantitative estimate of drug-likeness (QED) is 0.277. The van der Waals surface area contributed by atoms with Crippen molar-refractivity contribution in [3.8, 4) is 5.75 Å². The Labute approximate surface area is 293 Å². The van der Waals surface area contributed by atoms with Gasteiger partial charge in [0.05, 0.1) is 34.0 Å². The molecule has 4 aromatic rings. The fourth-order valence-corrected chi connectivity index (χ4v) is 7.24. The molecule has 3 aromatic heterocycles. The van der Waals surface area contributed by atoms with Gasteiger partial charge in [-0.1, -0.05) is 11.6 Å². The second kappa shape index (κ2) is 12.8. The van der Waals surface area contributed by atoms with E-state index in [0.717, 1.165) is 22.7 Å². The maximum absolute atomic E-state index is 14.4. The van der Waals surface area contributed by atoms with Crippen LogP contribution in [0.25, 0.3) is 5.78 Å². The maximum atomic E-state index is 14.4. The SMILES string of the molecule is CC1(O)CCN(c2nc3n(CC(=O)Nc4ccc(C(F)(F)F)cc4Cl)c4c(c(=O)n3n2)C2(CCN(C(=O)c3ncccc3O)CC2)OCC4)CC1. The Bertz CT molecular complexity index is 2080. The number of hydrogen-bond acceptors (Lipinski definition) is 10. The number of anilines is 2. The van der Waals surface area contributed by atoms with Crippen LogP contribution >= 0.6 is 11.6 Å². The lowest BCUT2D eigenvalue weighted by molar-refractivity contribution is -0.137. The van der Waals surface area contributed by atoms with Crippen molar-refractivity contribution in [1.82, 2.24) is 29.0 Å². The number of aliphatic hydroxyl groups is 1. The molecule has 0 aliphatic carbocycles. The van der Waals surface area contributed by atoms with Gasteiger partial charge >= 0.3 is 6.18 Å². The fourth-order valence-electron chi connectivity index (χ4n) is 7.01. The molecule has 14 nitrogen and oxygen atoms in total. The first kappa shape index (κ1) is 34.7. The predicted molar refractivity (Wildman–Crippen MR) is 177 cm³/mol. The van der Waals surface area contributed by atoms with E-state index in [-0.39, 0.29) is 78.4 Å². The zero-order chi connectivity index (χ0) is 36.3. The Morgan fingerprint density at radius 1 is 1.10 bits per heavy atom. The molecule has 7 rings (SSSR count). The summed E-state index contributed by atoms with van der Waals surface area (Å²) in [6.45, 7) is 2.74. The number of ether oxygens (including phenoxy) is 1. The minimum absolute atomic E-state index is 0.0288. The number of hydrogen-bond donors (Lipinski definition) is 3. The molecule has 18 heteroatoms. The van der Waals surface area contributed by atoms with Gasteiger partial charge in [0.2, 0.25) is 17.6 Å². The van der Waals surface area contributed by atoms with Crippen LogP contribution in [0.4, 0.5) is 24.8 Å². The summed E-state index contributed by atoms with van der Waals surface area (Å²) in [6.07, 6.45) is -1.65. The molecule has 3 aliphatic heterocycles. The molecule has 0 bridgehead atoms. The first-order chi connectivity index (χ1) is 24.2. The molecule has 6 heterocycles. The summed E-state index contributed by atoms with van der Waals surface area (Å²) in [5, 5.41) is 27.5. The number of carbonyl (C=O) groups is 2. The normalized spacial score (nSPS) is 18.5. The number of halogens is 4. The number of alkyl halides is 3. The van der Waals surface area contributed by atoms with Crippen molar-refractivity contribution in [3.05, 3.63) is 74.4 Å². The van der Waals surface area contributed by atoms with Crippen LogP contribution in [-0.4, -0.2) is 89.5 Å². The molecule has 0 unspecified atom stereocenters. The van der Waals surface area contributed by atoms with E-state index in [1.165, 1.54) is 23.2 Å². The highest BCUT2D eigenvalue weighted by Crippen LogP contribution is 2.41. The maximum Gasteiger partial charge on any atom is 0.416 e.